The molecular formula is C18H23ClO3S. The first kappa shape index (κ1) is 18.1. The van der Waals surface area contributed by atoms with Gasteiger partial charge in [-0.25, -0.2) is 8.42 Å². The Balaban J connectivity index is 1.91. The third-order valence-electron chi connectivity index (χ3n) is 3.83. The summed E-state index contributed by atoms with van der Waals surface area (Å²) in [6.07, 6.45) is 7.41. The van der Waals surface area contributed by atoms with Crippen LogP contribution in [0.25, 0.3) is 10.8 Å². The number of fused-ring (bicyclic) bond motifs is 1. The Bertz CT molecular complexity index is 741. The highest BCUT2D eigenvalue weighted by Crippen LogP contribution is 2.25. The van der Waals surface area contributed by atoms with E-state index in [1.165, 1.54) is 38.2 Å². The molecule has 0 atom stereocenters. The molecule has 0 fully saturated rings. The van der Waals surface area contributed by atoms with Crippen molar-refractivity contribution in [2.75, 3.05) is 6.61 Å². The third-order valence-corrected chi connectivity index (χ3v) is 5.18. The molecule has 126 valence electrons. The number of benzene rings is 2. The average Bonchev–Trinajstić information content (AvgIpc) is 2.52. The normalized spacial score (nSPS) is 11.7. The van der Waals surface area contributed by atoms with Gasteiger partial charge in [-0.2, -0.15) is 0 Å². The van der Waals surface area contributed by atoms with E-state index in [1.54, 1.807) is 12.1 Å². The molecule has 0 amide bonds. The van der Waals surface area contributed by atoms with E-state index in [0.29, 0.717) is 6.61 Å². The van der Waals surface area contributed by atoms with Crippen molar-refractivity contribution < 1.29 is 13.2 Å². The Kier molecular flexibility index (Phi) is 6.72. The summed E-state index contributed by atoms with van der Waals surface area (Å²) >= 11 is 0. The van der Waals surface area contributed by atoms with Gasteiger partial charge in [-0.05, 0) is 41.5 Å². The van der Waals surface area contributed by atoms with Crippen LogP contribution in [0, 0.1) is 0 Å². The van der Waals surface area contributed by atoms with Crippen LogP contribution in [-0.4, -0.2) is 15.0 Å². The molecule has 0 spiro atoms. The van der Waals surface area contributed by atoms with Gasteiger partial charge in [0.1, 0.15) is 5.75 Å². The fourth-order valence-corrected chi connectivity index (χ4v) is 3.30. The van der Waals surface area contributed by atoms with Crippen LogP contribution in [0.4, 0.5) is 0 Å². The molecule has 2 rings (SSSR count). The van der Waals surface area contributed by atoms with Crippen LogP contribution in [0.3, 0.4) is 0 Å². The predicted octanol–water partition coefficient (Wildman–Crippen LogP) is 5.51. The van der Waals surface area contributed by atoms with Gasteiger partial charge in [0.15, 0.2) is 0 Å². The second-order valence-electron chi connectivity index (χ2n) is 5.72. The molecule has 0 aliphatic carbocycles. The van der Waals surface area contributed by atoms with Gasteiger partial charge in [0.05, 0.1) is 11.5 Å². The molecule has 2 aromatic carbocycles. The van der Waals surface area contributed by atoms with Crippen LogP contribution in [0.15, 0.2) is 41.3 Å². The summed E-state index contributed by atoms with van der Waals surface area (Å²) < 4.78 is 28.5. The molecule has 0 heterocycles. The monoisotopic (exact) mass is 354 g/mol. The molecule has 3 nitrogen and oxygen atoms in total. The van der Waals surface area contributed by atoms with Crippen molar-refractivity contribution in [3.05, 3.63) is 36.4 Å². The smallest absolute Gasteiger partial charge is 0.261 e. The summed E-state index contributed by atoms with van der Waals surface area (Å²) in [5.74, 6) is 0.813. The van der Waals surface area contributed by atoms with Gasteiger partial charge in [0, 0.05) is 10.7 Å². The Morgan fingerprint density at radius 3 is 2.30 bits per heavy atom. The second-order valence-corrected chi connectivity index (χ2v) is 8.29. The van der Waals surface area contributed by atoms with E-state index < -0.39 is 9.05 Å². The molecule has 0 saturated heterocycles. The van der Waals surface area contributed by atoms with Crippen molar-refractivity contribution in [2.45, 2.75) is 50.3 Å². The lowest BCUT2D eigenvalue weighted by atomic mass is 10.1. The zero-order valence-corrected chi connectivity index (χ0v) is 15.0. The highest BCUT2D eigenvalue weighted by Gasteiger charge is 2.10. The first-order valence-electron chi connectivity index (χ1n) is 8.12. The first-order chi connectivity index (χ1) is 11.0. The third kappa shape index (κ3) is 5.70. The minimum Gasteiger partial charge on any atom is -0.494 e. The van der Waals surface area contributed by atoms with Gasteiger partial charge in [-0.3, -0.25) is 0 Å². The van der Waals surface area contributed by atoms with E-state index in [9.17, 15) is 8.42 Å². The maximum absolute atomic E-state index is 11.4. The molecule has 0 bridgehead atoms. The highest BCUT2D eigenvalue weighted by molar-refractivity contribution is 8.13. The largest absolute Gasteiger partial charge is 0.494 e. The Hall–Kier alpha value is -1.26. The maximum Gasteiger partial charge on any atom is 0.261 e. The lowest BCUT2D eigenvalue weighted by Gasteiger charge is -2.08. The van der Waals surface area contributed by atoms with Gasteiger partial charge in [-0.1, -0.05) is 51.2 Å². The first-order valence-corrected chi connectivity index (χ1v) is 10.4. The van der Waals surface area contributed by atoms with E-state index in [-0.39, 0.29) is 4.90 Å². The Morgan fingerprint density at radius 2 is 1.57 bits per heavy atom. The van der Waals surface area contributed by atoms with Crippen LogP contribution < -0.4 is 4.74 Å². The SMILES string of the molecule is CCCCCCCCOc1ccc2cc(S(=O)(=O)Cl)ccc2c1. The second kappa shape index (κ2) is 8.55. The maximum atomic E-state index is 11.4. The number of ether oxygens (including phenoxy) is 1. The van der Waals surface area contributed by atoms with Gasteiger partial charge in [0.2, 0.25) is 0 Å². The van der Waals surface area contributed by atoms with Crippen molar-refractivity contribution in [3.8, 4) is 5.75 Å². The van der Waals surface area contributed by atoms with E-state index in [2.05, 4.69) is 6.92 Å². The number of hydrogen-bond donors (Lipinski definition) is 0. The van der Waals surface area contributed by atoms with E-state index in [4.69, 9.17) is 15.4 Å². The van der Waals surface area contributed by atoms with E-state index >= 15 is 0 Å². The predicted molar refractivity (Wildman–Crippen MR) is 95.9 cm³/mol. The van der Waals surface area contributed by atoms with Crippen molar-refractivity contribution in [3.63, 3.8) is 0 Å². The number of unbranched alkanes of at least 4 members (excludes halogenated alkanes) is 5. The average molecular weight is 355 g/mol. The zero-order valence-electron chi connectivity index (χ0n) is 13.4. The van der Waals surface area contributed by atoms with Crippen LogP contribution in [0.1, 0.15) is 45.4 Å². The highest BCUT2D eigenvalue weighted by atomic mass is 35.7. The van der Waals surface area contributed by atoms with Crippen LogP contribution in [0.5, 0.6) is 5.75 Å². The summed E-state index contributed by atoms with van der Waals surface area (Å²) in [5, 5.41) is 1.77. The van der Waals surface area contributed by atoms with E-state index in [0.717, 1.165) is 22.9 Å². The van der Waals surface area contributed by atoms with Crippen molar-refractivity contribution in [1.29, 1.82) is 0 Å². The number of halogens is 1. The summed E-state index contributed by atoms with van der Waals surface area (Å²) in [5.41, 5.74) is 0. The minimum absolute atomic E-state index is 0.118. The summed E-state index contributed by atoms with van der Waals surface area (Å²) in [4.78, 5) is 0.118. The van der Waals surface area contributed by atoms with Gasteiger partial charge in [0.25, 0.3) is 9.05 Å². The molecule has 5 heteroatoms. The van der Waals surface area contributed by atoms with Crippen molar-refractivity contribution in [1.82, 2.24) is 0 Å². The number of rotatable bonds is 9. The zero-order chi connectivity index (χ0) is 16.7. The molecule has 0 aromatic heterocycles. The standard InChI is InChI=1S/C18H23ClO3S/c1-2-3-4-5-6-7-12-22-17-10-8-16-14-18(23(19,20)21)11-9-15(16)13-17/h8-11,13-14H,2-7,12H2,1H3. The van der Waals surface area contributed by atoms with Crippen LogP contribution in [-0.2, 0) is 9.05 Å². The molecular weight excluding hydrogens is 332 g/mol. The summed E-state index contributed by atoms with van der Waals surface area (Å²) in [6.45, 7) is 2.93. The molecule has 0 saturated carbocycles. The van der Waals surface area contributed by atoms with Crippen LogP contribution >= 0.6 is 10.7 Å². The summed E-state index contributed by atoms with van der Waals surface area (Å²) in [7, 11) is 1.68. The van der Waals surface area contributed by atoms with Crippen LogP contribution in [0.2, 0.25) is 0 Å². The fourth-order valence-electron chi connectivity index (χ4n) is 2.52. The minimum atomic E-state index is -3.69. The Morgan fingerprint density at radius 1 is 0.913 bits per heavy atom. The van der Waals surface area contributed by atoms with Crippen molar-refractivity contribution in [2.24, 2.45) is 0 Å². The molecule has 0 aliphatic heterocycles. The molecule has 0 unspecified atom stereocenters. The fraction of sp³-hybridized carbons (Fsp3) is 0.444. The van der Waals surface area contributed by atoms with Gasteiger partial charge < -0.3 is 4.74 Å². The van der Waals surface area contributed by atoms with Crippen molar-refractivity contribution >= 4 is 30.5 Å². The van der Waals surface area contributed by atoms with Gasteiger partial charge >= 0.3 is 0 Å². The molecule has 23 heavy (non-hydrogen) atoms. The summed E-state index contributed by atoms with van der Waals surface area (Å²) in [6, 6.07) is 10.5. The van der Waals surface area contributed by atoms with E-state index in [1.807, 2.05) is 18.2 Å². The lowest BCUT2D eigenvalue weighted by Crippen LogP contribution is -1.97. The molecule has 0 aliphatic rings. The molecule has 0 radical (unpaired) electrons. The molecule has 2 aromatic rings. The topological polar surface area (TPSA) is 43.4 Å². The number of hydrogen-bond acceptors (Lipinski definition) is 3. The van der Waals surface area contributed by atoms with Gasteiger partial charge in [-0.15, -0.1) is 0 Å². The Labute approximate surface area is 143 Å². The molecule has 0 N–H and O–H groups in total. The quantitative estimate of drug-likeness (QED) is 0.440. The lowest BCUT2D eigenvalue weighted by molar-refractivity contribution is 0.305.